The van der Waals surface area contributed by atoms with E-state index in [0.717, 1.165) is 16.7 Å². The van der Waals surface area contributed by atoms with E-state index >= 15 is 0 Å². The Morgan fingerprint density at radius 1 is 0.882 bits per heavy atom. The van der Waals surface area contributed by atoms with Gasteiger partial charge >= 0.3 is 0 Å². The fourth-order valence-corrected chi connectivity index (χ4v) is 1.85. The number of hydrogen-bond acceptors (Lipinski definition) is 2. The maximum absolute atomic E-state index is 9.48. The second-order valence-corrected chi connectivity index (χ2v) is 3.80. The van der Waals surface area contributed by atoms with Crippen LogP contribution in [0.1, 0.15) is 18.1 Å². The van der Waals surface area contributed by atoms with Gasteiger partial charge < -0.3 is 10.2 Å². The highest BCUT2D eigenvalue weighted by atomic mass is 16.3. The quantitative estimate of drug-likeness (QED) is 0.822. The van der Waals surface area contributed by atoms with Gasteiger partial charge in [0.2, 0.25) is 0 Å². The zero-order chi connectivity index (χ0) is 12.3. The third-order valence-corrected chi connectivity index (χ3v) is 2.60. The van der Waals surface area contributed by atoms with Crippen LogP contribution in [0.4, 0.5) is 0 Å². The van der Waals surface area contributed by atoms with Gasteiger partial charge in [-0.15, -0.1) is 0 Å². The molecule has 86 valence electrons. The monoisotopic (exact) mass is 226 g/mol. The molecule has 0 aliphatic heterocycles. The van der Waals surface area contributed by atoms with E-state index in [1.807, 2.05) is 25.1 Å². The van der Waals surface area contributed by atoms with Crippen molar-refractivity contribution in [2.24, 2.45) is 0 Å². The summed E-state index contributed by atoms with van der Waals surface area (Å²) in [6, 6.07) is 14.2. The van der Waals surface area contributed by atoms with Crippen molar-refractivity contribution in [1.29, 1.82) is 0 Å². The SMILES string of the molecule is CC=C(c1cccc(O)c1)c1cccc(O)c1. The molecule has 2 nitrogen and oxygen atoms in total. The van der Waals surface area contributed by atoms with Gasteiger partial charge in [0.25, 0.3) is 0 Å². The number of rotatable bonds is 2. The Morgan fingerprint density at radius 2 is 1.35 bits per heavy atom. The minimum Gasteiger partial charge on any atom is -0.508 e. The summed E-state index contributed by atoms with van der Waals surface area (Å²) in [6.45, 7) is 1.93. The first-order valence-electron chi connectivity index (χ1n) is 5.46. The van der Waals surface area contributed by atoms with E-state index < -0.39 is 0 Å². The van der Waals surface area contributed by atoms with Gasteiger partial charge in [0.1, 0.15) is 11.5 Å². The predicted octanol–water partition coefficient (Wildman–Crippen LogP) is 3.55. The van der Waals surface area contributed by atoms with E-state index in [1.165, 1.54) is 0 Å². The summed E-state index contributed by atoms with van der Waals surface area (Å²) < 4.78 is 0. The maximum Gasteiger partial charge on any atom is 0.116 e. The Kier molecular flexibility index (Phi) is 3.15. The lowest BCUT2D eigenvalue weighted by atomic mass is 9.97. The van der Waals surface area contributed by atoms with Crippen LogP contribution in [0.2, 0.25) is 0 Å². The van der Waals surface area contributed by atoms with Gasteiger partial charge in [-0.1, -0.05) is 30.3 Å². The first-order valence-corrected chi connectivity index (χ1v) is 5.46. The zero-order valence-electron chi connectivity index (χ0n) is 9.59. The molecule has 0 spiro atoms. The van der Waals surface area contributed by atoms with Crippen LogP contribution in [0.15, 0.2) is 54.6 Å². The number of phenolic OH excluding ortho intramolecular Hbond substituents is 2. The topological polar surface area (TPSA) is 40.5 Å². The average molecular weight is 226 g/mol. The largest absolute Gasteiger partial charge is 0.508 e. The van der Waals surface area contributed by atoms with Crippen molar-refractivity contribution in [2.45, 2.75) is 6.92 Å². The van der Waals surface area contributed by atoms with Gasteiger partial charge in [-0.25, -0.2) is 0 Å². The summed E-state index contributed by atoms with van der Waals surface area (Å²) in [5, 5.41) is 19.0. The maximum atomic E-state index is 9.48. The van der Waals surface area contributed by atoms with Crippen molar-refractivity contribution in [1.82, 2.24) is 0 Å². The van der Waals surface area contributed by atoms with Crippen molar-refractivity contribution in [3.8, 4) is 11.5 Å². The molecule has 0 aliphatic carbocycles. The van der Waals surface area contributed by atoms with Crippen LogP contribution in [-0.4, -0.2) is 10.2 Å². The average Bonchev–Trinajstić information content (AvgIpc) is 2.30. The van der Waals surface area contributed by atoms with E-state index in [4.69, 9.17) is 0 Å². The third-order valence-electron chi connectivity index (χ3n) is 2.60. The van der Waals surface area contributed by atoms with E-state index in [2.05, 4.69) is 0 Å². The number of benzene rings is 2. The third kappa shape index (κ3) is 2.48. The highest BCUT2D eigenvalue weighted by Crippen LogP contribution is 2.27. The molecule has 2 N–H and O–H groups in total. The minimum absolute atomic E-state index is 0.238. The highest BCUT2D eigenvalue weighted by molar-refractivity contribution is 5.80. The summed E-state index contributed by atoms with van der Waals surface area (Å²) in [5.74, 6) is 0.476. The lowest BCUT2D eigenvalue weighted by Gasteiger charge is -2.08. The normalized spacial score (nSPS) is 9.94. The molecule has 0 fully saturated rings. The molecule has 0 radical (unpaired) electrons. The summed E-state index contributed by atoms with van der Waals surface area (Å²) in [6.07, 6.45) is 1.96. The molecule has 2 aromatic carbocycles. The van der Waals surface area contributed by atoms with Gasteiger partial charge in [0, 0.05) is 0 Å². The molecular weight excluding hydrogens is 212 g/mol. The molecule has 0 amide bonds. The summed E-state index contributed by atoms with van der Waals surface area (Å²) in [7, 11) is 0. The second-order valence-electron chi connectivity index (χ2n) is 3.80. The number of hydrogen-bond donors (Lipinski definition) is 2. The van der Waals surface area contributed by atoms with Gasteiger partial charge in [-0.3, -0.25) is 0 Å². The number of aromatic hydroxyl groups is 2. The molecule has 0 saturated carbocycles. The van der Waals surface area contributed by atoms with Crippen LogP contribution < -0.4 is 0 Å². The van der Waals surface area contributed by atoms with Crippen molar-refractivity contribution >= 4 is 5.57 Å². The van der Waals surface area contributed by atoms with E-state index in [9.17, 15) is 10.2 Å². The number of allylic oxidation sites excluding steroid dienone is 1. The van der Waals surface area contributed by atoms with E-state index in [0.29, 0.717) is 0 Å². The van der Waals surface area contributed by atoms with Crippen LogP contribution >= 0.6 is 0 Å². The summed E-state index contributed by atoms with van der Waals surface area (Å²) in [4.78, 5) is 0. The Morgan fingerprint density at radius 3 is 1.71 bits per heavy atom. The fraction of sp³-hybridized carbons (Fsp3) is 0.0667. The molecule has 2 rings (SSSR count). The van der Waals surface area contributed by atoms with Crippen LogP contribution in [0.25, 0.3) is 5.57 Å². The molecule has 2 aromatic rings. The molecule has 0 atom stereocenters. The first kappa shape index (κ1) is 11.3. The molecule has 0 unspecified atom stereocenters. The van der Waals surface area contributed by atoms with E-state index in [1.54, 1.807) is 36.4 Å². The van der Waals surface area contributed by atoms with E-state index in [-0.39, 0.29) is 11.5 Å². The summed E-state index contributed by atoms with van der Waals surface area (Å²) in [5.41, 5.74) is 2.84. The Labute approximate surface area is 100 Å². The van der Waals surface area contributed by atoms with Gasteiger partial charge in [-0.05, 0) is 47.9 Å². The predicted molar refractivity (Wildman–Crippen MR) is 69.0 cm³/mol. The minimum atomic E-state index is 0.238. The van der Waals surface area contributed by atoms with Gasteiger partial charge in [0.15, 0.2) is 0 Å². The molecule has 0 bridgehead atoms. The number of phenols is 2. The molecule has 0 aliphatic rings. The Hall–Kier alpha value is -2.22. The zero-order valence-corrected chi connectivity index (χ0v) is 9.59. The highest BCUT2D eigenvalue weighted by Gasteiger charge is 2.05. The van der Waals surface area contributed by atoms with Crippen LogP contribution in [0.3, 0.4) is 0 Å². The molecule has 0 aromatic heterocycles. The van der Waals surface area contributed by atoms with Crippen molar-refractivity contribution < 1.29 is 10.2 Å². The van der Waals surface area contributed by atoms with Crippen LogP contribution in [-0.2, 0) is 0 Å². The van der Waals surface area contributed by atoms with Crippen molar-refractivity contribution in [3.05, 3.63) is 65.7 Å². The molecule has 2 heteroatoms. The summed E-state index contributed by atoms with van der Waals surface area (Å²) >= 11 is 0. The second kappa shape index (κ2) is 4.74. The lowest BCUT2D eigenvalue weighted by molar-refractivity contribution is 0.475. The van der Waals surface area contributed by atoms with Gasteiger partial charge in [0.05, 0.1) is 0 Å². The first-order chi connectivity index (χ1) is 8.20. The van der Waals surface area contributed by atoms with Crippen molar-refractivity contribution in [3.63, 3.8) is 0 Å². The molecule has 0 saturated heterocycles. The smallest absolute Gasteiger partial charge is 0.116 e. The molecule has 17 heavy (non-hydrogen) atoms. The van der Waals surface area contributed by atoms with Crippen molar-refractivity contribution in [2.75, 3.05) is 0 Å². The molecule has 0 heterocycles. The van der Waals surface area contributed by atoms with Crippen LogP contribution in [0, 0.1) is 0 Å². The Balaban J connectivity index is 2.48. The molecular formula is C15H14O2. The Bertz CT molecular complexity index is 509. The van der Waals surface area contributed by atoms with Crippen LogP contribution in [0.5, 0.6) is 11.5 Å². The standard InChI is InChI=1S/C15H14O2/c1-2-15(11-5-3-7-13(16)9-11)12-6-4-8-14(17)10-12/h2-10,16-17H,1H3. The lowest BCUT2D eigenvalue weighted by Crippen LogP contribution is -1.87. The fourth-order valence-electron chi connectivity index (χ4n) is 1.85. The van der Waals surface area contributed by atoms with Gasteiger partial charge in [-0.2, -0.15) is 0 Å².